The van der Waals surface area contributed by atoms with Gasteiger partial charge in [-0.15, -0.1) is 0 Å². The zero-order valence-corrected chi connectivity index (χ0v) is 17.6. The fraction of sp³-hybridized carbons (Fsp3) is 0.476. The summed E-state index contributed by atoms with van der Waals surface area (Å²) in [6.45, 7) is 6.22. The van der Waals surface area contributed by atoms with E-state index in [1.807, 2.05) is 35.2 Å². The van der Waals surface area contributed by atoms with E-state index in [0.29, 0.717) is 58.2 Å². The van der Waals surface area contributed by atoms with Gasteiger partial charge in [0.25, 0.3) is 5.56 Å². The van der Waals surface area contributed by atoms with E-state index < -0.39 is 0 Å². The van der Waals surface area contributed by atoms with Crippen LogP contribution in [-0.2, 0) is 16.1 Å². The molecule has 2 aromatic rings. The SMILES string of the molecule is O=C(CN1CCN(c2cnn(Cc3ccccc3)c(=O)c2Cl)CC1)N1CCOCC1. The zero-order valence-electron chi connectivity index (χ0n) is 16.9. The van der Waals surface area contributed by atoms with Gasteiger partial charge in [-0.1, -0.05) is 41.9 Å². The van der Waals surface area contributed by atoms with Crippen molar-refractivity contribution in [2.45, 2.75) is 6.54 Å². The van der Waals surface area contributed by atoms with Crippen molar-refractivity contribution in [1.82, 2.24) is 19.6 Å². The highest BCUT2D eigenvalue weighted by Gasteiger charge is 2.25. The molecule has 30 heavy (non-hydrogen) atoms. The quantitative estimate of drug-likeness (QED) is 0.701. The van der Waals surface area contributed by atoms with Crippen LogP contribution in [0.3, 0.4) is 0 Å². The molecule has 0 N–H and O–H groups in total. The third kappa shape index (κ3) is 4.83. The number of benzene rings is 1. The van der Waals surface area contributed by atoms with E-state index >= 15 is 0 Å². The Bertz CT molecular complexity index is 922. The molecular formula is C21H26ClN5O3. The third-order valence-corrected chi connectivity index (χ3v) is 5.93. The van der Waals surface area contributed by atoms with Crippen LogP contribution in [0.4, 0.5) is 5.69 Å². The fourth-order valence-corrected chi connectivity index (χ4v) is 4.06. The van der Waals surface area contributed by atoms with Crippen LogP contribution in [0.25, 0.3) is 0 Å². The van der Waals surface area contributed by atoms with E-state index in [1.54, 1.807) is 6.20 Å². The average molecular weight is 432 g/mol. The summed E-state index contributed by atoms with van der Waals surface area (Å²) in [5, 5.41) is 4.52. The molecule has 0 spiro atoms. The van der Waals surface area contributed by atoms with Gasteiger partial charge in [0.2, 0.25) is 5.91 Å². The van der Waals surface area contributed by atoms with Gasteiger partial charge >= 0.3 is 0 Å². The monoisotopic (exact) mass is 431 g/mol. The van der Waals surface area contributed by atoms with Gasteiger partial charge in [0.1, 0.15) is 5.02 Å². The van der Waals surface area contributed by atoms with E-state index in [0.717, 1.165) is 18.7 Å². The summed E-state index contributed by atoms with van der Waals surface area (Å²) >= 11 is 6.42. The lowest BCUT2D eigenvalue weighted by Crippen LogP contribution is -2.51. The number of amides is 1. The van der Waals surface area contributed by atoms with Crippen molar-refractivity contribution in [2.75, 3.05) is 63.9 Å². The molecule has 2 fully saturated rings. The number of aromatic nitrogens is 2. The zero-order chi connectivity index (χ0) is 20.9. The van der Waals surface area contributed by atoms with Gasteiger partial charge in [-0.3, -0.25) is 14.5 Å². The van der Waals surface area contributed by atoms with Gasteiger partial charge in [0.05, 0.1) is 38.2 Å². The van der Waals surface area contributed by atoms with Crippen molar-refractivity contribution < 1.29 is 9.53 Å². The highest BCUT2D eigenvalue weighted by molar-refractivity contribution is 6.33. The van der Waals surface area contributed by atoms with Gasteiger partial charge in [0.15, 0.2) is 0 Å². The van der Waals surface area contributed by atoms with Crippen molar-refractivity contribution in [3.8, 4) is 0 Å². The number of ether oxygens (including phenoxy) is 1. The molecule has 1 aromatic heterocycles. The molecule has 160 valence electrons. The van der Waals surface area contributed by atoms with Gasteiger partial charge < -0.3 is 14.5 Å². The lowest BCUT2D eigenvalue weighted by Gasteiger charge is -2.37. The Morgan fingerprint density at radius 1 is 1.03 bits per heavy atom. The first-order valence-corrected chi connectivity index (χ1v) is 10.6. The first-order valence-electron chi connectivity index (χ1n) is 10.2. The van der Waals surface area contributed by atoms with E-state index in [1.165, 1.54) is 4.68 Å². The van der Waals surface area contributed by atoms with Crippen molar-refractivity contribution in [3.05, 3.63) is 57.5 Å². The summed E-state index contributed by atoms with van der Waals surface area (Å²) in [6.07, 6.45) is 1.67. The average Bonchev–Trinajstić information content (AvgIpc) is 2.79. The third-order valence-electron chi connectivity index (χ3n) is 5.58. The van der Waals surface area contributed by atoms with Crippen LogP contribution in [0, 0.1) is 0 Å². The topological polar surface area (TPSA) is 70.9 Å². The molecule has 0 atom stereocenters. The second-order valence-corrected chi connectivity index (χ2v) is 7.93. The predicted octanol–water partition coefficient (Wildman–Crippen LogP) is 0.926. The Balaban J connectivity index is 1.35. The summed E-state index contributed by atoms with van der Waals surface area (Å²) in [7, 11) is 0. The maximum atomic E-state index is 12.7. The molecule has 0 radical (unpaired) electrons. The number of halogens is 1. The first kappa shape index (κ1) is 20.8. The molecule has 2 aliphatic heterocycles. The molecular weight excluding hydrogens is 406 g/mol. The van der Waals surface area contributed by atoms with E-state index in [4.69, 9.17) is 16.3 Å². The van der Waals surface area contributed by atoms with E-state index in [-0.39, 0.29) is 16.5 Å². The Morgan fingerprint density at radius 3 is 2.43 bits per heavy atom. The minimum Gasteiger partial charge on any atom is -0.378 e. The maximum Gasteiger partial charge on any atom is 0.287 e. The van der Waals surface area contributed by atoms with E-state index in [2.05, 4.69) is 14.9 Å². The van der Waals surface area contributed by atoms with Crippen LogP contribution >= 0.6 is 11.6 Å². The number of hydrogen-bond acceptors (Lipinski definition) is 6. The summed E-state index contributed by atoms with van der Waals surface area (Å²) in [5.74, 6) is 0.148. The fourth-order valence-electron chi connectivity index (χ4n) is 3.80. The second-order valence-electron chi connectivity index (χ2n) is 7.55. The number of carbonyl (C=O) groups is 1. The molecule has 2 saturated heterocycles. The molecule has 8 nitrogen and oxygen atoms in total. The summed E-state index contributed by atoms with van der Waals surface area (Å²) < 4.78 is 6.69. The lowest BCUT2D eigenvalue weighted by molar-refractivity contribution is -0.136. The molecule has 0 unspecified atom stereocenters. The number of nitrogens with zero attached hydrogens (tertiary/aromatic N) is 5. The van der Waals surface area contributed by atoms with Crippen LogP contribution in [0.2, 0.25) is 5.02 Å². The van der Waals surface area contributed by atoms with Crippen molar-refractivity contribution in [1.29, 1.82) is 0 Å². The molecule has 3 heterocycles. The molecule has 0 saturated carbocycles. The second kappa shape index (κ2) is 9.59. The smallest absolute Gasteiger partial charge is 0.287 e. The van der Waals surface area contributed by atoms with Crippen molar-refractivity contribution >= 4 is 23.2 Å². The number of anilines is 1. The van der Waals surface area contributed by atoms with Crippen LogP contribution in [-0.4, -0.2) is 84.5 Å². The number of hydrogen-bond donors (Lipinski definition) is 0. The van der Waals surface area contributed by atoms with Gasteiger partial charge in [-0.2, -0.15) is 5.10 Å². The summed E-state index contributed by atoms with van der Waals surface area (Å²) in [5.41, 5.74) is 1.36. The van der Waals surface area contributed by atoms with Crippen molar-refractivity contribution in [3.63, 3.8) is 0 Å². The molecule has 0 aliphatic carbocycles. The first-order chi connectivity index (χ1) is 14.6. The standard InChI is InChI=1S/C21H26ClN5O3/c22-20-18(14-23-27(21(20)29)15-17-4-2-1-3-5-17)25-8-6-24(7-9-25)16-19(28)26-10-12-30-13-11-26/h1-5,14H,6-13,15-16H2. The van der Waals surface area contributed by atoms with Crippen LogP contribution in [0.15, 0.2) is 41.3 Å². The Kier molecular flexibility index (Phi) is 6.66. The maximum absolute atomic E-state index is 12.7. The van der Waals surface area contributed by atoms with Gasteiger partial charge in [0, 0.05) is 39.3 Å². The molecule has 9 heteroatoms. The predicted molar refractivity (Wildman–Crippen MR) is 115 cm³/mol. The van der Waals surface area contributed by atoms with E-state index in [9.17, 15) is 9.59 Å². The number of rotatable bonds is 5. The largest absolute Gasteiger partial charge is 0.378 e. The Morgan fingerprint density at radius 2 is 1.73 bits per heavy atom. The Labute approximate surface area is 180 Å². The van der Waals surface area contributed by atoms with Crippen LogP contribution in [0.5, 0.6) is 0 Å². The van der Waals surface area contributed by atoms with Crippen LogP contribution < -0.4 is 10.5 Å². The molecule has 0 bridgehead atoms. The highest BCUT2D eigenvalue weighted by atomic mass is 35.5. The molecule has 1 amide bonds. The highest BCUT2D eigenvalue weighted by Crippen LogP contribution is 2.22. The number of piperazine rings is 1. The number of morpholine rings is 1. The molecule has 4 rings (SSSR count). The molecule has 2 aliphatic rings. The summed E-state index contributed by atoms with van der Waals surface area (Å²) in [6, 6.07) is 9.70. The minimum absolute atomic E-state index is 0.148. The summed E-state index contributed by atoms with van der Waals surface area (Å²) in [4.78, 5) is 31.2. The van der Waals surface area contributed by atoms with Crippen molar-refractivity contribution in [2.24, 2.45) is 0 Å². The molecule has 1 aromatic carbocycles. The normalized spacial score (nSPS) is 17.9. The van der Waals surface area contributed by atoms with Crippen LogP contribution in [0.1, 0.15) is 5.56 Å². The number of carbonyl (C=O) groups excluding carboxylic acids is 1. The van der Waals surface area contributed by atoms with Gasteiger partial charge in [-0.05, 0) is 5.56 Å². The lowest BCUT2D eigenvalue weighted by atomic mass is 10.2. The van der Waals surface area contributed by atoms with Gasteiger partial charge in [-0.25, -0.2) is 4.68 Å². The minimum atomic E-state index is -0.289. The Hall–Kier alpha value is -2.42.